The van der Waals surface area contributed by atoms with Gasteiger partial charge in [-0.25, -0.2) is 0 Å². The molecule has 3 heterocycles. The van der Waals surface area contributed by atoms with Crippen LogP contribution >= 0.6 is 0 Å². The summed E-state index contributed by atoms with van der Waals surface area (Å²) in [6.45, 7) is 6.84. The molecule has 1 unspecified atom stereocenters. The first-order valence-electron chi connectivity index (χ1n) is 11.9. The van der Waals surface area contributed by atoms with E-state index in [0.29, 0.717) is 12.3 Å². The quantitative estimate of drug-likeness (QED) is 0.635. The summed E-state index contributed by atoms with van der Waals surface area (Å²) >= 11 is 0. The average molecular weight is 491 g/mol. The van der Waals surface area contributed by atoms with Crippen LogP contribution in [0.25, 0.3) is 0 Å². The maximum Gasteiger partial charge on any atom is 0.573 e. The number of morpholine rings is 1. The highest BCUT2D eigenvalue weighted by Crippen LogP contribution is 2.31. The van der Waals surface area contributed by atoms with Crippen molar-refractivity contribution in [2.45, 2.75) is 25.3 Å². The summed E-state index contributed by atoms with van der Waals surface area (Å²) in [4.78, 5) is 9.42. The van der Waals surface area contributed by atoms with Gasteiger partial charge in [-0.05, 0) is 48.0 Å². The van der Waals surface area contributed by atoms with Crippen molar-refractivity contribution < 1.29 is 27.4 Å². The van der Waals surface area contributed by atoms with Crippen LogP contribution in [-0.4, -0.2) is 75.7 Å². The smallest absolute Gasteiger partial charge is 0.489 e. The molecule has 0 aliphatic carbocycles. The number of fused-ring (bicyclic) bond motifs is 1. The van der Waals surface area contributed by atoms with Crippen LogP contribution in [-0.2, 0) is 11.2 Å². The predicted octanol–water partition coefficient (Wildman–Crippen LogP) is 3.94. The van der Waals surface area contributed by atoms with Crippen molar-refractivity contribution in [2.24, 2.45) is 4.99 Å². The lowest BCUT2D eigenvalue weighted by molar-refractivity contribution is -0.274. The highest BCUT2D eigenvalue weighted by atomic mass is 19.4. The second-order valence-electron chi connectivity index (χ2n) is 8.92. The fraction of sp³-hybridized carbons (Fsp3) is 0.480. The van der Waals surface area contributed by atoms with E-state index in [-0.39, 0.29) is 11.9 Å². The van der Waals surface area contributed by atoms with Crippen LogP contribution in [0, 0.1) is 0 Å². The third-order valence-electron chi connectivity index (χ3n) is 6.42. The molecule has 0 spiro atoms. The van der Waals surface area contributed by atoms with Gasteiger partial charge in [0.05, 0.1) is 26.3 Å². The molecule has 2 fully saturated rings. The Labute approximate surface area is 202 Å². The van der Waals surface area contributed by atoms with Gasteiger partial charge in [0.15, 0.2) is 0 Å². The molecule has 35 heavy (non-hydrogen) atoms. The normalized spacial score (nSPS) is 21.7. The number of halogens is 3. The zero-order valence-corrected chi connectivity index (χ0v) is 19.4. The second kappa shape index (κ2) is 10.3. The molecule has 5 rings (SSSR count). The summed E-state index contributed by atoms with van der Waals surface area (Å²) in [5.41, 5.74) is 3.48. The lowest BCUT2D eigenvalue weighted by Gasteiger charge is -2.25. The first-order chi connectivity index (χ1) is 16.9. The lowest BCUT2D eigenvalue weighted by Crippen LogP contribution is -2.37. The number of aliphatic imine (C=N–C) groups is 1. The van der Waals surface area contributed by atoms with E-state index in [9.17, 15) is 13.2 Å². The van der Waals surface area contributed by atoms with Crippen molar-refractivity contribution in [3.05, 3.63) is 48.0 Å². The SMILES string of the molecule is FC(F)(F)Oc1ccc(OC2CCN(c3ccc4c(c3)CC(=NCCN3CCOCC3)N4)C2)cc1. The van der Waals surface area contributed by atoms with Crippen LogP contribution in [0.15, 0.2) is 47.5 Å². The molecule has 188 valence electrons. The van der Waals surface area contributed by atoms with Gasteiger partial charge in [0.1, 0.15) is 23.4 Å². The number of ether oxygens (including phenoxy) is 3. The topological polar surface area (TPSA) is 58.6 Å². The monoisotopic (exact) mass is 490 g/mol. The molecule has 1 atom stereocenters. The van der Waals surface area contributed by atoms with Gasteiger partial charge in [-0.3, -0.25) is 9.89 Å². The van der Waals surface area contributed by atoms with Gasteiger partial charge in [-0.1, -0.05) is 0 Å². The van der Waals surface area contributed by atoms with E-state index in [0.717, 1.165) is 76.0 Å². The van der Waals surface area contributed by atoms with Crippen LogP contribution in [0.2, 0.25) is 0 Å². The molecule has 10 heteroatoms. The summed E-state index contributed by atoms with van der Waals surface area (Å²) in [5, 5.41) is 3.43. The van der Waals surface area contributed by atoms with Crippen LogP contribution in [0.1, 0.15) is 12.0 Å². The number of amidine groups is 1. The Bertz CT molecular complexity index is 1040. The molecule has 0 aromatic heterocycles. The molecule has 3 aliphatic rings. The highest BCUT2D eigenvalue weighted by Gasteiger charge is 2.31. The van der Waals surface area contributed by atoms with Crippen molar-refractivity contribution in [3.63, 3.8) is 0 Å². The first-order valence-corrected chi connectivity index (χ1v) is 11.9. The van der Waals surface area contributed by atoms with Gasteiger partial charge in [0.25, 0.3) is 0 Å². The number of alkyl halides is 3. The summed E-state index contributed by atoms with van der Waals surface area (Å²) in [7, 11) is 0. The number of nitrogens with zero attached hydrogens (tertiary/aromatic N) is 3. The van der Waals surface area contributed by atoms with Crippen LogP contribution in [0.3, 0.4) is 0 Å². The van der Waals surface area contributed by atoms with Gasteiger partial charge in [0, 0.05) is 50.4 Å². The Balaban J connectivity index is 1.12. The summed E-state index contributed by atoms with van der Waals surface area (Å²) in [5.74, 6) is 1.28. The van der Waals surface area contributed by atoms with Crippen LogP contribution in [0.5, 0.6) is 11.5 Å². The van der Waals surface area contributed by atoms with E-state index < -0.39 is 6.36 Å². The Morgan fingerprint density at radius 3 is 2.57 bits per heavy atom. The van der Waals surface area contributed by atoms with Gasteiger partial charge < -0.3 is 24.4 Å². The number of nitrogens with one attached hydrogen (secondary N) is 1. The van der Waals surface area contributed by atoms with Crippen molar-refractivity contribution in [2.75, 3.05) is 62.7 Å². The number of anilines is 2. The van der Waals surface area contributed by atoms with Gasteiger partial charge >= 0.3 is 6.36 Å². The Kier molecular flexibility index (Phi) is 7.01. The average Bonchev–Trinajstić information content (AvgIpc) is 3.46. The van der Waals surface area contributed by atoms with Crippen molar-refractivity contribution >= 4 is 17.2 Å². The molecular weight excluding hydrogens is 461 g/mol. The summed E-state index contributed by atoms with van der Waals surface area (Å²) in [6.07, 6.45) is -3.10. The maximum atomic E-state index is 12.3. The number of benzene rings is 2. The van der Waals surface area contributed by atoms with Crippen LogP contribution in [0.4, 0.5) is 24.5 Å². The molecule has 1 N–H and O–H groups in total. The summed E-state index contributed by atoms with van der Waals surface area (Å²) in [6, 6.07) is 12.0. The number of rotatable bonds is 7. The lowest BCUT2D eigenvalue weighted by atomic mass is 10.1. The first kappa shape index (κ1) is 23.7. The Hall–Kier alpha value is -2.98. The Morgan fingerprint density at radius 2 is 1.80 bits per heavy atom. The molecule has 2 saturated heterocycles. The molecule has 2 aromatic rings. The van der Waals surface area contributed by atoms with E-state index in [1.165, 1.54) is 29.8 Å². The number of hydrogen-bond acceptors (Lipinski definition) is 6. The zero-order chi connectivity index (χ0) is 24.3. The van der Waals surface area contributed by atoms with Crippen molar-refractivity contribution in [1.29, 1.82) is 0 Å². The molecular formula is C25H29F3N4O3. The van der Waals surface area contributed by atoms with E-state index in [1.54, 1.807) is 0 Å². The second-order valence-corrected chi connectivity index (χ2v) is 8.92. The molecule has 0 amide bonds. The highest BCUT2D eigenvalue weighted by molar-refractivity contribution is 6.03. The Morgan fingerprint density at radius 1 is 1.03 bits per heavy atom. The van der Waals surface area contributed by atoms with Crippen LogP contribution < -0.4 is 19.7 Å². The molecule has 0 saturated carbocycles. The zero-order valence-electron chi connectivity index (χ0n) is 19.4. The molecule has 0 bridgehead atoms. The predicted molar refractivity (Wildman–Crippen MR) is 128 cm³/mol. The van der Waals surface area contributed by atoms with Gasteiger partial charge in [-0.2, -0.15) is 0 Å². The van der Waals surface area contributed by atoms with Crippen molar-refractivity contribution in [1.82, 2.24) is 4.90 Å². The third kappa shape index (κ3) is 6.37. The van der Waals surface area contributed by atoms with E-state index >= 15 is 0 Å². The van der Waals surface area contributed by atoms with E-state index in [4.69, 9.17) is 14.5 Å². The van der Waals surface area contributed by atoms with Crippen molar-refractivity contribution in [3.8, 4) is 11.5 Å². The standard InChI is InChI=1S/C25H29F3N4O3/c26-25(27,28)35-21-4-2-20(3-5-21)34-22-7-9-32(17-22)19-1-6-23-18(15-19)16-24(30-23)29-8-10-31-11-13-33-14-12-31/h1-6,15,22H,7-14,16-17H2,(H,29,30). The minimum absolute atomic E-state index is 0.0342. The van der Waals surface area contributed by atoms with E-state index in [1.807, 2.05) is 0 Å². The third-order valence-corrected chi connectivity index (χ3v) is 6.42. The largest absolute Gasteiger partial charge is 0.573 e. The molecule has 2 aromatic carbocycles. The minimum atomic E-state index is -4.70. The fourth-order valence-corrected chi connectivity index (χ4v) is 4.64. The summed E-state index contributed by atoms with van der Waals surface area (Å²) < 4.78 is 52.3. The van der Waals surface area contributed by atoms with Gasteiger partial charge in [-0.15, -0.1) is 13.2 Å². The number of hydrogen-bond donors (Lipinski definition) is 1. The van der Waals surface area contributed by atoms with Gasteiger partial charge in [0.2, 0.25) is 0 Å². The molecule has 7 nitrogen and oxygen atoms in total. The van der Waals surface area contributed by atoms with E-state index in [2.05, 4.69) is 38.1 Å². The molecule has 0 radical (unpaired) electrons. The minimum Gasteiger partial charge on any atom is -0.489 e. The maximum absolute atomic E-state index is 12.3. The molecule has 3 aliphatic heterocycles. The fourth-order valence-electron chi connectivity index (χ4n) is 4.64.